The van der Waals surface area contributed by atoms with Crippen LogP contribution in [0.15, 0.2) is 52.3 Å². The number of aryl methyl sites for hydroxylation is 1. The van der Waals surface area contributed by atoms with Crippen LogP contribution in [-0.2, 0) is 9.84 Å². The van der Waals surface area contributed by atoms with Gasteiger partial charge < -0.3 is 9.47 Å². The maximum Gasteiger partial charge on any atom is 0.216 e. The van der Waals surface area contributed by atoms with E-state index in [0.717, 1.165) is 12.0 Å². The van der Waals surface area contributed by atoms with E-state index in [1.807, 2.05) is 13.8 Å². The Morgan fingerprint density at radius 3 is 2.42 bits per heavy atom. The SMILES string of the molecule is CCCOc1ccc(C=C(C#N)S(=O)(=O)c2ccc(C)cc2)cc1OC. The van der Waals surface area contributed by atoms with Gasteiger partial charge in [0.15, 0.2) is 11.5 Å². The smallest absolute Gasteiger partial charge is 0.216 e. The molecule has 0 saturated carbocycles. The molecule has 2 rings (SSSR count). The molecule has 0 N–H and O–H groups in total. The molecule has 0 fully saturated rings. The third kappa shape index (κ3) is 4.44. The molecule has 0 bridgehead atoms. The predicted octanol–water partition coefficient (Wildman–Crippen LogP) is 4.13. The number of benzene rings is 2. The van der Waals surface area contributed by atoms with E-state index in [9.17, 15) is 13.7 Å². The molecule has 0 heterocycles. The molecule has 0 aliphatic carbocycles. The van der Waals surface area contributed by atoms with Gasteiger partial charge in [0.25, 0.3) is 0 Å². The molecule has 26 heavy (non-hydrogen) atoms. The molecule has 0 aliphatic heterocycles. The topological polar surface area (TPSA) is 76.4 Å². The molecular formula is C20H21NO4S. The van der Waals surface area contributed by atoms with E-state index >= 15 is 0 Å². The fraction of sp³-hybridized carbons (Fsp3) is 0.250. The Balaban J connectivity index is 2.42. The fourth-order valence-electron chi connectivity index (χ4n) is 2.27. The molecule has 0 unspecified atom stereocenters. The number of allylic oxidation sites excluding steroid dienone is 1. The van der Waals surface area contributed by atoms with Crippen LogP contribution in [0.5, 0.6) is 11.5 Å². The van der Waals surface area contributed by atoms with Gasteiger partial charge in [0.05, 0.1) is 18.6 Å². The summed E-state index contributed by atoms with van der Waals surface area (Å²) in [7, 11) is -2.37. The van der Waals surface area contributed by atoms with Gasteiger partial charge in [-0.2, -0.15) is 5.26 Å². The van der Waals surface area contributed by atoms with E-state index in [1.54, 1.807) is 36.4 Å². The predicted molar refractivity (Wildman–Crippen MR) is 101 cm³/mol. The van der Waals surface area contributed by atoms with Crippen LogP contribution < -0.4 is 9.47 Å². The van der Waals surface area contributed by atoms with Gasteiger partial charge >= 0.3 is 0 Å². The second-order valence-corrected chi connectivity index (χ2v) is 7.61. The molecule has 0 spiro atoms. The Hall–Kier alpha value is -2.78. The largest absolute Gasteiger partial charge is 0.493 e. The van der Waals surface area contributed by atoms with Gasteiger partial charge in [-0.05, 0) is 49.2 Å². The van der Waals surface area contributed by atoms with Gasteiger partial charge in [0.1, 0.15) is 11.0 Å². The highest BCUT2D eigenvalue weighted by molar-refractivity contribution is 7.95. The number of ether oxygens (including phenoxy) is 2. The molecule has 2 aromatic carbocycles. The molecule has 0 atom stereocenters. The minimum atomic E-state index is -3.88. The summed E-state index contributed by atoms with van der Waals surface area (Å²) in [4.78, 5) is -0.239. The van der Waals surface area contributed by atoms with Gasteiger partial charge in [-0.25, -0.2) is 8.42 Å². The van der Waals surface area contributed by atoms with Gasteiger partial charge in [-0.1, -0.05) is 30.7 Å². The molecule has 6 heteroatoms. The van der Waals surface area contributed by atoms with Crippen molar-refractivity contribution in [2.75, 3.05) is 13.7 Å². The lowest BCUT2D eigenvalue weighted by molar-refractivity contribution is 0.294. The quantitative estimate of drug-likeness (QED) is 0.684. The number of nitriles is 1. The lowest BCUT2D eigenvalue weighted by Crippen LogP contribution is -2.03. The van der Waals surface area contributed by atoms with E-state index in [2.05, 4.69) is 0 Å². The first-order chi connectivity index (χ1) is 12.4. The zero-order chi connectivity index (χ0) is 19.2. The minimum Gasteiger partial charge on any atom is -0.493 e. The number of methoxy groups -OCH3 is 1. The van der Waals surface area contributed by atoms with Crippen LogP contribution in [0.1, 0.15) is 24.5 Å². The van der Waals surface area contributed by atoms with E-state index in [4.69, 9.17) is 9.47 Å². The number of hydrogen-bond donors (Lipinski definition) is 0. The molecular weight excluding hydrogens is 350 g/mol. The van der Waals surface area contributed by atoms with Crippen molar-refractivity contribution in [3.8, 4) is 17.6 Å². The highest BCUT2D eigenvalue weighted by Gasteiger charge is 2.20. The first-order valence-electron chi connectivity index (χ1n) is 8.16. The second kappa shape index (κ2) is 8.54. The average Bonchev–Trinajstić information content (AvgIpc) is 2.64. The second-order valence-electron chi connectivity index (χ2n) is 5.70. The van der Waals surface area contributed by atoms with Crippen molar-refractivity contribution in [3.05, 3.63) is 58.5 Å². The van der Waals surface area contributed by atoms with E-state index in [-0.39, 0.29) is 9.80 Å². The summed E-state index contributed by atoms with van der Waals surface area (Å²) in [5, 5.41) is 9.38. The first kappa shape index (κ1) is 19.5. The summed E-state index contributed by atoms with van der Waals surface area (Å²) in [6, 6.07) is 13.2. The maximum atomic E-state index is 12.7. The van der Waals surface area contributed by atoms with Crippen LogP contribution in [0.4, 0.5) is 0 Å². The molecule has 2 aromatic rings. The average molecular weight is 371 g/mol. The Morgan fingerprint density at radius 1 is 1.15 bits per heavy atom. The normalized spacial score (nSPS) is 11.7. The summed E-state index contributed by atoms with van der Waals surface area (Å²) < 4.78 is 36.3. The molecule has 136 valence electrons. The lowest BCUT2D eigenvalue weighted by atomic mass is 10.2. The van der Waals surface area contributed by atoms with Crippen molar-refractivity contribution in [2.45, 2.75) is 25.2 Å². The van der Waals surface area contributed by atoms with Gasteiger partial charge in [0.2, 0.25) is 9.84 Å². The highest BCUT2D eigenvalue weighted by Crippen LogP contribution is 2.30. The Kier molecular flexibility index (Phi) is 6.42. The van der Waals surface area contributed by atoms with Crippen LogP contribution in [-0.4, -0.2) is 22.1 Å². The lowest BCUT2D eigenvalue weighted by Gasteiger charge is -2.11. The van der Waals surface area contributed by atoms with Crippen molar-refractivity contribution in [1.29, 1.82) is 5.26 Å². The Labute approximate surface area is 154 Å². The van der Waals surface area contributed by atoms with E-state index in [1.165, 1.54) is 25.3 Å². The van der Waals surface area contributed by atoms with Crippen LogP contribution in [0.2, 0.25) is 0 Å². The maximum absolute atomic E-state index is 12.7. The minimum absolute atomic E-state index is 0.0887. The van der Waals surface area contributed by atoms with Crippen LogP contribution in [0.25, 0.3) is 6.08 Å². The van der Waals surface area contributed by atoms with Crippen molar-refractivity contribution in [2.24, 2.45) is 0 Å². The summed E-state index contributed by atoms with van der Waals surface area (Å²) in [5.74, 6) is 1.06. The summed E-state index contributed by atoms with van der Waals surface area (Å²) in [6.45, 7) is 4.42. The summed E-state index contributed by atoms with van der Waals surface area (Å²) in [6.07, 6.45) is 2.19. The highest BCUT2D eigenvalue weighted by atomic mass is 32.2. The molecule has 5 nitrogen and oxygen atoms in total. The number of sulfone groups is 1. The fourth-order valence-corrected chi connectivity index (χ4v) is 3.43. The van der Waals surface area contributed by atoms with Crippen molar-refractivity contribution in [3.63, 3.8) is 0 Å². The van der Waals surface area contributed by atoms with E-state index < -0.39 is 9.84 Å². The van der Waals surface area contributed by atoms with Gasteiger partial charge in [0, 0.05) is 0 Å². The molecule has 0 aromatic heterocycles. The van der Waals surface area contributed by atoms with Crippen LogP contribution >= 0.6 is 0 Å². The van der Waals surface area contributed by atoms with Crippen molar-refractivity contribution >= 4 is 15.9 Å². The molecule has 0 radical (unpaired) electrons. The zero-order valence-corrected chi connectivity index (χ0v) is 15.8. The molecule has 0 amide bonds. The third-order valence-corrected chi connectivity index (χ3v) is 5.36. The van der Waals surface area contributed by atoms with E-state index in [0.29, 0.717) is 23.7 Å². The number of rotatable bonds is 7. The van der Waals surface area contributed by atoms with Crippen molar-refractivity contribution < 1.29 is 17.9 Å². The van der Waals surface area contributed by atoms with Crippen LogP contribution in [0.3, 0.4) is 0 Å². The van der Waals surface area contributed by atoms with Crippen LogP contribution in [0, 0.1) is 18.3 Å². The first-order valence-corrected chi connectivity index (χ1v) is 9.65. The monoisotopic (exact) mass is 371 g/mol. The Bertz CT molecular complexity index is 939. The summed E-state index contributed by atoms with van der Waals surface area (Å²) >= 11 is 0. The van der Waals surface area contributed by atoms with Crippen molar-refractivity contribution in [1.82, 2.24) is 0 Å². The molecule has 0 saturated heterocycles. The van der Waals surface area contributed by atoms with Gasteiger partial charge in [-0.15, -0.1) is 0 Å². The Morgan fingerprint density at radius 2 is 1.85 bits per heavy atom. The number of hydrogen-bond acceptors (Lipinski definition) is 5. The summed E-state index contributed by atoms with van der Waals surface area (Å²) in [5.41, 5.74) is 1.48. The standard InChI is InChI=1S/C20H21NO4S/c1-4-11-25-19-10-7-16(13-20(19)24-3)12-18(14-21)26(22,23)17-8-5-15(2)6-9-17/h5-10,12-13H,4,11H2,1-3H3. The van der Waals surface area contributed by atoms with Gasteiger partial charge in [-0.3, -0.25) is 0 Å². The third-order valence-electron chi connectivity index (χ3n) is 3.68. The zero-order valence-electron chi connectivity index (χ0n) is 15.0. The number of nitrogens with zero attached hydrogens (tertiary/aromatic N) is 1. The molecule has 0 aliphatic rings.